The van der Waals surface area contributed by atoms with Crippen LogP contribution in [0.4, 0.5) is 5.69 Å². The Balaban J connectivity index is 1.73. The van der Waals surface area contributed by atoms with Gasteiger partial charge >= 0.3 is 0 Å². The second-order valence-electron chi connectivity index (χ2n) is 5.47. The molecule has 3 rings (SSSR count). The fourth-order valence-electron chi connectivity index (χ4n) is 2.99. The minimum absolute atomic E-state index is 0.167. The van der Waals surface area contributed by atoms with E-state index in [0.717, 1.165) is 19.5 Å². The average Bonchev–Trinajstić information content (AvgIpc) is 2.77. The quantitative estimate of drug-likeness (QED) is 0.890. The van der Waals surface area contributed by atoms with Crippen molar-refractivity contribution in [1.82, 2.24) is 0 Å². The van der Waals surface area contributed by atoms with Crippen molar-refractivity contribution in [3.8, 4) is 0 Å². The lowest BCUT2D eigenvalue weighted by molar-refractivity contribution is 0.0305. The second kappa shape index (κ2) is 4.90. The Bertz CT molecular complexity index is 391. The zero-order chi connectivity index (χ0) is 12.5. The van der Waals surface area contributed by atoms with Gasteiger partial charge in [0.15, 0.2) is 0 Å². The summed E-state index contributed by atoms with van der Waals surface area (Å²) in [5, 5.41) is 0. The minimum Gasteiger partial charge on any atom is -0.371 e. The van der Waals surface area contributed by atoms with Crippen LogP contribution >= 0.6 is 0 Å². The number of nitrogens with zero attached hydrogens (tertiary/aromatic N) is 1. The highest BCUT2D eigenvalue weighted by Gasteiger charge is 2.33. The molecule has 0 aliphatic carbocycles. The summed E-state index contributed by atoms with van der Waals surface area (Å²) in [4.78, 5) is 2.45. The van der Waals surface area contributed by atoms with Gasteiger partial charge in [-0.05, 0) is 37.0 Å². The minimum atomic E-state index is 0.167. The number of rotatable bonds is 3. The third kappa shape index (κ3) is 2.25. The Morgan fingerprint density at radius 1 is 1.22 bits per heavy atom. The largest absolute Gasteiger partial charge is 0.371 e. The summed E-state index contributed by atoms with van der Waals surface area (Å²) in [6.07, 6.45) is 4.32. The van der Waals surface area contributed by atoms with Gasteiger partial charge in [0.05, 0.1) is 12.2 Å². The molecule has 98 valence electrons. The van der Waals surface area contributed by atoms with E-state index in [0.29, 0.717) is 12.2 Å². The SMILES string of the molecule is CC[C@@H](N)c1ccc(N2CC3CCC(C2)O3)cc1. The van der Waals surface area contributed by atoms with Gasteiger partial charge in [-0.2, -0.15) is 0 Å². The third-order valence-electron chi connectivity index (χ3n) is 4.17. The Labute approximate surface area is 109 Å². The van der Waals surface area contributed by atoms with Crippen molar-refractivity contribution in [3.63, 3.8) is 0 Å². The first kappa shape index (κ1) is 12.0. The van der Waals surface area contributed by atoms with Crippen molar-refractivity contribution in [2.45, 2.75) is 44.4 Å². The van der Waals surface area contributed by atoms with Crippen molar-refractivity contribution in [2.24, 2.45) is 5.73 Å². The Kier molecular flexibility index (Phi) is 3.27. The van der Waals surface area contributed by atoms with E-state index in [-0.39, 0.29) is 6.04 Å². The van der Waals surface area contributed by atoms with Crippen molar-refractivity contribution < 1.29 is 4.74 Å². The van der Waals surface area contributed by atoms with E-state index in [1.807, 2.05) is 0 Å². The molecule has 1 aromatic carbocycles. The molecule has 0 saturated carbocycles. The molecule has 0 spiro atoms. The molecule has 2 aliphatic heterocycles. The highest BCUT2D eigenvalue weighted by Crippen LogP contribution is 2.30. The van der Waals surface area contributed by atoms with Crippen LogP contribution in [0.1, 0.15) is 37.8 Å². The van der Waals surface area contributed by atoms with Gasteiger partial charge in [0.2, 0.25) is 0 Å². The van der Waals surface area contributed by atoms with Gasteiger partial charge in [0.1, 0.15) is 0 Å². The van der Waals surface area contributed by atoms with Gasteiger partial charge < -0.3 is 15.4 Å². The number of ether oxygens (including phenoxy) is 1. The van der Waals surface area contributed by atoms with E-state index in [1.165, 1.54) is 24.1 Å². The highest BCUT2D eigenvalue weighted by atomic mass is 16.5. The Morgan fingerprint density at radius 3 is 2.39 bits per heavy atom. The predicted molar refractivity (Wildman–Crippen MR) is 73.8 cm³/mol. The summed E-state index contributed by atoms with van der Waals surface area (Å²) in [6, 6.07) is 8.91. The van der Waals surface area contributed by atoms with E-state index >= 15 is 0 Å². The zero-order valence-corrected chi connectivity index (χ0v) is 11.0. The van der Waals surface area contributed by atoms with Crippen LogP contribution in [0.15, 0.2) is 24.3 Å². The predicted octanol–water partition coefficient (Wildman–Crippen LogP) is 2.46. The number of hydrogen-bond acceptors (Lipinski definition) is 3. The average molecular weight is 246 g/mol. The number of fused-ring (bicyclic) bond motifs is 2. The number of anilines is 1. The van der Waals surface area contributed by atoms with Crippen LogP contribution in [-0.2, 0) is 4.74 Å². The number of nitrogens with two attached hydrogens (primary N) is 1. The van der Waals surface area contributed by atoms with Crippen LogP contribution in [0, 0.1) is 0 Å². The number of morpholine rings is 1. The van der Waals surface area contributed by atoms with Gasteiger partial charge in [-0.3, -0.25) is 0 Å². The second-order valence-corrected chi connectivity index (χ2v) is 5.47. The molecular formula is C15H22N2O. The van der Waals surface area contributed by atoms with Crippen LogP contribution in [-0.4, -0.2) is 25.3 Å². The first-order valence-corrected chi connectivity index (χ1v) is 7.02. The van der Waals surface area contributed by atoms with E-state index in [1.54, 1.807) is 0 Å². The lowest BCUT2D eigenvalue weighted by atomic mass is 10.0. The molecule has 3 nitrogen and oxygen atoms in total. The van der Waals surface area contributed by atoms with Gasteiger partial charge in [0.25, 0.3) is 0 Å². The summed E-state index contributed by atoms with van der Waals surface area (Å²) in [7, 11) is 0. The van der Waals surface area contributed by atoms with Crippen LogP contribution in [0.5, 0.6) is 0 Å². The molecule has 18 heavy (non-hydrogen) atoms. The summed E-state index contributed by atoms with van der Waals surface area (Å²) < 4.78 is 5.87. The third-order valence-corrected chi connectivity index (χ3v) is 4.17. The maximum absolute atomic E-state index is 6.04. The maximum atomic E-state index is 6.04. The smallest absolute Gasteiger partial charge is 0.0755 e. The normalized spacial score (nSPS) is 28.4. The van der Waals surface area contributed by atoms with Gasteiger partial charge in [0, 0.05) is 24.8 Å². The van der Waals surface area contributed by atoms with Gasteiger partial charge in [-0.15, -0.1) is 0 Å². The fourth-order valence-corrected chi connectivity index (χ4v) is 2.99. The van der Waals surface area contributed by atoms with Gasteiger partial charge in [-0.25, -0.2) is 0 Å². The van der Waals surface area contributed by atoms with E-state index in [2.05, 4.69) is 36.1 Å². The first-order valence-electron chi connectivity index (χ1n) is 7.02. The van der Waals surface area contributed by atoms with Crippen molar-refractivity contribution in [3.05, 3.63) is 29.8 Å². The molecule has 0 aromatic heterocycles. The molecule has 3 heteroatoms. The molecule has 0 radical (unpaired) electrons. The summed E-state index contributed by atoms with van der Waals surface area (Å²) in [5.41, 5.74) is 8.58. The zero-order valence-electron chi connectivity index (χ0n) is 11.0. The van der Waals surface area contributed by atoms with E-state index in [9.17, 15) is 0 Å². The summed E-state index contributed by atoms with van der Waals surface area (Å²) in [6.45, 7) is 4.20. The molecule has 2 unspecified atom stereocenters. The van der Waals surface area contributed by atoms with E-state index in [4.69, 9.17) is 10.5 Å². The molecule has 2 heterocycles. The molecule has 0 amide bonds. The molecule has 2 fully saturated rings. The molecule has 2 bridgehead atoms. The van der Waals surface area contributed by atoms with Crippen molar-refractivity contribution >= 4 is 5.69 Å². The first-order chi connectivity index (χ1) is 8.76. The lowest BCUT2D eigenvalue weighted by Crippen LogP contribution is -2.42. The van der Waals surface area contributed by atoms with Crippen LogP contribution in [0.2, 0.25) is 0 Å². The lowest BCUT2D eigenvalue weighted by Gasteiger charge is -2.34. The summed E-state index contributed by atoms with van der Waals surface area (Å²) >= 11 is 0. The van der Waals surface area contributed by atoms with Crippen molar-refractivity contribution in [2.75, 3.05) is 18.0 Å². The summed E-state index contributed by atoms with van der Waals surface area (Å²) in [5.74, 6) is 0. The van der Waals surface area contributed by atoms with Crippen LogP contribution in [0.3, 0.4) is 0 Å². The molecule has 1 aromatic rings. The fraction of sp³-hybridized carbons (Fsp3) is 0.600. The monoisotopic (exact) mass is 246 g/mol. The van der Waals surface area contributed by atoms with E-state index < -0.39 is 0 Å². The Morgan fingerprint density at radius 2 is 1.83 bits per heavy atom. The molecule has 2 aliphatic rings. The van der Waals surface area contributed by atoms with Crippen molar-refractivity contribution in [1.29, 1.82) is 0 Å². The Hall–Kier alpha value is -1.06. The molecule has 2 N–H and O–H groups in total. The topological polar surface area (TPSA) is 38.5 Å². The number of hydrogen-bond donors (Lipinski definition) is 1. The van der Waals surface area contributed by atoms with Crippen LogP contribution < -0.4 is 10.6 Å². The number of benzene rings is 1. The maximum Gasteiger partial charge on any atom is 0.0755 e. The standard InChI is InChI=1S/C15H22N2O/c1-2-15(16)11-3-5-12(6-4-11)17-9-13-7-8-14(10-17)18-13/h3-6,13-15H,2,7-10,16H2,1H3/t13?,14?,15-/m1/s1. The molecule has 2 saturated heterocycles. The van der Waals surface area contributed by atoms with Gasteiger partial charge in [-0.1, -0.05) is 19.1 Å². The molecular weight excluding hydrogens is 224 g/mol. The molecule has 3 atom stereocenters. The highest BCUT2D eigenvalue weighted by molar-refractivity contribution is 5.49. The van der Waals surface area contributed by atoms with Crippen LogP contribution in [0.25, 0.3) is 0 Å².